The molecule has 1 aliphatic rings. The molecule has 0 spiro atoms. The maximum absolute atomic E-state index is 11.6. The molecule has 0 aromatic carbocycles. The van der Waals surface area contributed by atoms with E-state index in [2.05, 4.69) is 10.3 Å². The van der Waals surface area contributed by atoms with Crippen LogP contribution >= 0.6 is 0 Å². The van der Waals surface area contributed by atoms with Crippen LogP contribution in [-0.2, 0) is 4.74 Å². The highest BCUT2D eigenvalue weighted by atomic mass is 16.6. The highest BCUT2D eigenvalue weighted by Crippen LogP contribution is 2.28. The van der Waals surface area contributed by atoms with E-state index in [0.29, 0.717) is 18.3 Å². The van der Waals surface area contributed by atoms with Gasteiger partial charge in [0.05, 0.1) is 0 Å². The number of nitrogens with one attached hydrogen (secondary N) is 1. The average molecular weight is 293 g/mol. The Labute approximate surface area is 125 Å². The first-order valence-corrected chi connectivity index (χ1v) is 7.21. The summed E-state index contributed by atoms with van der Waals surface area (Å²) in [6.07, 6.45) is 2.23. The molecule has 2 rings (SSSR count). The number of anilines is 1. The molecule has 0 aliphatic carbocycles. The van der Waals surface area contributed by atoms with Gasteiger partial charge in [-0.1, -0.05) is 0 Å². The van der Waals surface area contributed by atoms with E-state index in [1.54, 1.807) is 18.3 Å². The first-order chi connectivity index (χ1) is 9.85. The van der Waals surface area contributed by atoms with Crippen molar-refractivity contribution in [2.24, 2.45) is 5.92 Å². The van der Waals surface area contributed by atoms with Gasteiger partial charge in [0, 0.05) is 25.8 Å². The number of hydrogen-bond acceptors (Lipinski definition) is 5. The molecule has 1 aromatic heterocycles. The van der Waals surface area contributed by atoms with Gasteiger partial charge in [-0.05, 0) is 45.2 Å². The van der Waals surface area contributed by atoms with Crippen LogP contribution in [0.4, 0.5) is 10.6 Å². The van der Waals surface area contributed by atoms with Gasteiger partial charge in [0.1, 0.15) is 5.60 Å². The highest BCUT2D eigenvalue weighted by Gasteiger charge is 2.26. The molecule has 6 heteroatoms. The molecule has 1 aliphatic heterocycles. The lowest BCUT2D eigenvalue weighted by molar-refractivity contribution is 0.0520. The van der Waals surface area contributed by atoms with Crippen LogP contribution < -0.4 is 10.2 Å². The number of pyridine rings is 1. The molecule has 1 atom stereocenters. The second-order valence-corrected chi connectivity index (χ2v) is 6.33. The number of aromatic nitrogens is 1. The lowest BCUT2D eigenvalue weighted by Gasteiger charge is -2.21. The van der Waals surface area contributed by atoms with E-state index in [1.807, 2.05) is 25.7 Å². The van der Waals surface area contributed by atoms with Gasteiger partial charge in [0.25, 0.3) is 0 Å². The summed E-state index contributed by atoms with van der Waals surface area (Å²) in [6.45, 7) is 7.68. The summed E-state index contributed by atoms with van der Waals surface area (Å²) in [4.78, 5) is 17.9. The number of amides is 1. The summed E-state index contributed by atoms with van der Waals surface area (Å²) < 4.78 is 5.21. The largest absolute Gasteiger partial charge is 0.504 e. The first-order valence-electron chi connectivity index (χ1n) is 7.21. The molecule has 21 heavy (non-hydrogen) atoms. The Kier molecular flexibility index (Phi) is 4.55. The zero-order valence-electron chi connectivity index (χ0n) is 12.8. The fourth-order valence-corrected chi connectivity index (χ4v) is 2.37. The van der Waals surface area contributed by atoms with Crippen molar-refractivity contribution < 1.29 is 14.6 Å². The molecule has 116 valence electrons. The molecule has 1 saturated heterocycles. The van der Waals surface area contributed by atoms with E-state index in [-0.39, 0.29) is 11.8 Å². The number of nitrogens with zero attached hydrogens (tertiary/aromatic N) is 2. The average Bonchev–Trinajstić information content (AvgIpc) is 2.83. The summed E-state index contributed by atoms with van der Waals surface area (Å²) in [7, 11) is 0. The Hall–Kier alpha value is -1.98. The maximum Gasteiger partial charge on any atom is 0.407 e. The van der Waals surface area contributed by atoms with Gasteiger partial charge in [0.15, 0.2) is 11.6 Å². The molecule has 0 bridgehead atoms. The van der Waals surface area contributed by atoms with Crippen molar-refractivity contribution in [1.82, 2.24) is 10.3 Å². The van der Waals surface area contributed by atoms with E-state index in [9.17, 15) is 9.90 Å². The van der Waals surface area contributed by atoms with Crippen molar-refractivity contribution in [1.29, 1.82) is 0 Å². The maximum atomic E-state index is 11.6. The van der Waals surface area contributed by atoms with Gasteiger partial charge >= 0.3 is 6.09 Å². The van der Waals surface area contributed by atoms with Crippen LogP contribution in [0.15, 0.2) is 18.3 Å². The van der Waals surface area contributed by atoms with E-state index in [1.165, 1.54) is 0 Å². The van der Waals surface area contributed by atoms with Gasteiger partial charge in [-0.15, -0.1) is 0 Å². The summed E-state index contributed by atoms with van der Waals surface area (Å²) in [5.41, 5.74) is -0.481. The van der Waals surface area contributed by atoms with Gasteiger partial charge in [-0.3, -0.25) is 0 Å². The number of hydrogen-bond donors (Lipinski definition) is 2. The Morgan fingerprint density at radius 1 is 1.57 bits per heavy atom. The molecular weight excluding hydrogens is 270 g/mol. The van der Waals surface area contributed by atoms with Crippen LogP contribution in [0.5, 0.6) is 5.75 Å². The van der Waals surface area contributed by atoms with Gasteiger partial charge in [-0.2, -0.15) is 0 Å². The van der Waals surface area contributed by atoms with Crippen molar-refractivity contribution in [3.8, 4) is 5.75 Å². The second kappa shape index (κ2) is 6.20. The Bertz CT molecular complexity index is 499. The SMILES string of the molecule is CC(C)(C)OC(=O)NCC1CCN(c2ncccc2O)C1. The van der Waals surface area contributed by atoms with Crippen molar-refractivity contribution in [2.75, 3.05) is 24.5 Å². The number of aromatic hydroxyl groups is 1. The number of ether oxygens (including phenoxy) is 1. The number of alkyl carbamates (subject to hydrolysis) is 1. The van der Waals surface area contributed by atoms with E-state index < -0.39 is 5.60 Å². The Morgan fingerprint density at radius 3 is 3.00 bits per heavy atom. The minimum atomic E-state index is -0.481. The molecule has 1 unspecified atom stereocenters. The molecule has 1 fully saturated rings. The molecule has 6 nitrogen and oxygen atoms in total. The third-order valence-corrected chi connectivity index (χ3v) is 3.29. The van der Waals surface area contributed by atoms with Crippen LogP contribution in [0.3, 0.4) is 0 Å². The van der Waals surface area contributed by atoms with Gasteiger partial charge in [-0.25, -0.2) is 9.78 Å². The van der Waals surface area contributed by atoms with Crippen molar-refractivity contribution in [2.45, 2.75) is 32.8 Å². The van der Waals surface area contributed by atoms with Crippen LogP contribution in [0, 0.1) is 5.92 Å². The summed E-state index contributed by atoms with van der Waals surface area (Å²) in [5, 5.41) is 12.6. The molecule has 2 heterocycles. The molecule has 1 aromatic rings. The first kappa shape index (κ1) is 15.4. The number of carbonyl (C=O) groups is 1. The highest BCUT2D eigenvalue weighted by molar-refractivity contribution is 5.67. The second-order valence-electron chi connectivity index (χ2n) is 6.33. The van der Waals surface area contributed by atoms with Crippen molar-refractivity contribution in [3.63, 3.8) is 0 Å². The fraction of sp³-hybridized carbons (Fsp3) is 0.600. The van der Waals surface area contributed by atoms with Crippen LogP contribution in [0.1, 0.15) is 27.2 Å². The Morgan fingerprint density at radius 2 is 2.33 bits per heavy atom. The van der Waals surface area contributed by atoms with Crippen molar-refractivity contribution >= 4 is 11.9 Å². The van der Waals surface area contributed by atoms with Crippen LogP contribution in [-0.4, -0.2) is 41.4 Å². The van der Waals surface area contributed by atoms with E-state index >= 15 is 0 Å². The summed E-state index contributed by atoms with van der Waals surface area (Å²) in [5.74, 6) is 1.13. The number of carbonyl (C=O) groups excluding carboxylic acids is 1. The fourth-order valence-electron chi connectivity index (χ4n) is 2.37. The van der Waals surface area contributed by atoms with Gasteiger partial charge in [0.2, 0.25) is 0 Å². The van der Waals surface area contributed by atoms with Gasteiger partial charge < -0.3 is 20.1 Å². The quantitative estimate of drug-likeness (QED) is 0.893. The van der Waals surface area contributed by atoms with E-state index in [0.717, 1.165) is 19.5 Å². The molecular formula is C15H23N3O3. The standard InChI is InChI=1S/C15H23N3O3/c1-15(2,3)21-14(20)17-9-11-6-8-18(10-11)13-12(19)5-4-7-16-13/h4-5,7,11,19H,6,8-10H2,1-3H3,(H,17,20). The predicted octanol–water partition coefficient (Wildman–Crippen LogP) is 2.14. The van der Waals surface area contributed by atoms with E-state index in [4.69, 9.17) is 4.74 Å². The lowest BCUT2D eigenvalue weighted by atomic mass is 10.1. The van der Waals surface area contributed by atoms with Crippen molar-refractivity contribution in [3.05, 3.63) is 18.3 Å². The third kappa shape index (κ3) is 4.51. The van der Waals surface area contributed by atoms with Crippen LogP contribution in [0.2, 0.25) is 0 Å². The third-order valence-electron chi connectivity index (χ3n) is 3.29. The topological polar surface area (TPSA) is 74.7 Å². The molecule has 0 saturated carbocycles. The normalized spacial score (nSPS) is 18.6. The zero-order valence-corrected chi connectivity index (χ0v) is 12.8. The number of rotatable bonds is 3. The minimum Gasteiger partial charge on any atom is -0.504 e. The smallest absolute Gasteiger partial charge is 0.407 e. The van der Waals surface area contributed by atoms with Crippen LogP contribution in [0.25, 0.3) is 0 Å². The molecule has 0 radical (unpaired) electrons. The molecule has 1 amide bonds. The minimum absolute atomic E-state index is 0.193. The monoisotopic (exact) mass is 293 g/mol. The Balaban J connectivity index is 1.81. The zero-order chi connectivity index (χ0) is 15.5. The summed E-state index contributed by atoms with van der Waals surface area (Å²) >= 11 is 0. The summed E-state index contributed by atoms with van der Waals surface area (Å²) in [6, 6.07) is 3.34. The molecule has 2 N–H and O–H groups in total. The predicted molar refractivity (Wildman–Crippen MR) is 80.5 cm³/mol. The lowest BCUT2D eigenvalue weighted by Crippen LogP contribution is -2.36.